The number of aryl methyl sites for hydroxylation is 2. The summed E-state index contributed by atoms with van der Waals surface area (Å²) in [6.07, 6.45) is -3.86. The first-order chi connectivity index (χ1) is 11.5. The molecule has 25 heavy (non-hydrogen) atoms. The number of carbonyl (C=O) groups excluding carboxylic acids is 1. The molecule has 2 rings (SSSR count). The Morgan fingerprint density at radius 1 is 1.16 bits per heavy atom. The van der Waals surface area contributed by atoms with E-state index in [2.05, 4.69) is 10.3 Å². The minimum atomic E-state index is -4.39. The molecule has 1 aromatic heterocycles. The summed E-state index contributed by atoms with van der Waals surface area (Å²) in [6.45, 7) is 7.78. The van der Waals surface area contributed by atoms with E-state index in [4.69, 9.17) is 4.42 Å². The van der Waals surface area contributed by atoms with Gasteiger partial charge in [0.25, 0.3) is 0 Å². The topological polar surface area (TPSA) is 55.1 Å². The van der Waals surface area contributed by atoms with Crippen LogP contribution in [-0.4, -0.2) is 10.9 Å². The predicted molar refractivity (Wildman–Crippen MR) is 88.3 cm³/mol. The van der Waals surface area contributed by atoms with Crippen LogP contribution >= 0.6 is 0 Å². The van der Waals surface area contributed by atoms with Crippen LogP contribution in [0, 0.1) is 6.92 Å². The Morgan fingerprint density at radius 3 is 2.24 bits per heavy atom. The molecule has 4 nitrogen and oxygen atoms in total. The Labute approximate surface area is 144 Å². The number of hydrogen-bond acceptors (Lipinski definition) is 3. The molecule has 2 aromatic rings. The second-order valence-corrected chi connectivity index (χ2v) is 6.90. The Balaban J connectivity index is 1.94. The number of rotatable bonds is 4. The number of aromatic nitrogens is 1. The largest absolute Gasteiger partial charge is 0.445 e. The number of nitrogens with zero attached hydrogens (tertiary/aromatic N) is 1. The first-order valence-electron chi connectivity index (χ1n) is 7.91. The van der Waals surface area contributed by atoms with Gasteiger partial charge in [-0.15, -0.1) is 0 Å². The van der Waals surface area contributed by atoms with Crippen LogP contribution < -0.4 is 5.32 Å². The second-order valence-electron chi connectivity index (χ2n) is 6.90. The Kier molecular flexibility index (Phi) is 5.25. The maximum Gasteiger partial charge on any atom is 0.416 e. The van der Waals surface area contributed by atoms with Crippen molar-refractivity contribution in [3.05, 3.63) is 47.2 Å². The minimum Gasteiger partial charge on any atom is -0.445 e. The van der Waals surface area contributed by atoms with Crippen molar-refractivity contribution in [3.63, 3.8) is 0 Å². The molecule has 0 saturated carbocycles. The van der Waals surface area contributed by atoms with E-state index in [9.17, 15) is 18.0 Å². The molecular formula is C18H21F3N2O2. The van der Waals surface area contributed by atoms with E-state index in [1.54, 1.807) is 0 Å². The van der Waals surface area contributed by atoms with Gasteiger partial charge in [0, 0.05) is 23.9 Å². The molecule has 1 heterocycles. The molecule has 1 N–H and O–H groups in total. The molecule has 0 aliphatic heterocycles. The van der Waals surface area contributed by atoms with Crippen molar-refractivity contribution in [3.8, 4) is 0 Å². The zero-order valence-corrected chi connectivity index (χ0v) is 14.6. The molecule has 0 aliphatic rings. The summed E-state index contributed by atoms with van der Waals surface area (Å²) in [5, 5.41) is 2.58. The smallest absolute Gasteiger partial charge is 0.416 e. The molecule has 0 atom stereocenters. The first-order valence-corrected chi connectivity index (χ1v) is 7.91. The van der Waals surface area contributed by atoms with Crippen molar-refractivity contribution < 1.29 is 22.4 Å². The lowest BCUT2D eigenvalue weighted by Gasteiger charge is -2.12. The Hall–Kier alpha value is -2.31. The SMILES string of the molecule is Cc1nc(C(C)(C)C)oc1CCC(=O)Nc1ccc(C(F)(F)F)cc1. The summed E-state index contributed by atoms with van der Waals surface area (Å²) in [5.41, 5.74) is 0.0957. The molecule has 0 fully saturated rings. The van der Waals surface area contributed by atoms with Gasteiger partial charge >= 0.3 is 6.18 Å². The molecule has 0 saturated heterocycles. The van der Waals surface area contributed by atoms with E-state index in [0.717, 1.165) is 17.8 Å². The Bertz CT molecular complexity index is 741. The molecule has 0 unspecified atom stereocenters. The van der Waals surface area contributed by atoms with Crippen LogP contribution in [0.4, 0.5) is 18.9 Å². The van der Waals surface area contributed by atoms with Gasteiger partial charge in [0.1, 0.15) is 5.76 Å². The number of carbonyl (C=O) groups is 1. The minimum absolute atomic E-state index is 0.153. The summed E-state index contributed by atoms with van der Waals surface area (Å²) in [4.78, 5) is 16.4. The monoisotopic (exact) mass is 354 g/mol. The fraction of sp³-hybridized carbons (Fsp3) is 0.444. The van der Waals surface area contributed by atoms with Crippen molar-refractivity contribution in [2.24, 2.45) is 0 Å². The summed E-state index contributed by atoms with van der Waals surface area (Å²) in [5.74, 6) is 0.962. The van der Waals surface area contributed by atoms with Crippen molar-refractivity contribution >= 4 is 11.6 Å². The van der Waals surface area contributed by atoms with Gasteiger partial charge in [-0.25, -0.2) is 4.98 Å². The van der Waals surface area contributed by atoms with E-state index in [0.29, 0.717) is 23.8 Å². The number of oxazole rings is 1. The molecule has 7 heteroatoms. The molecule has 136 valence electrons. The van der Waals surface area contributed by atoms with E-state index in [1.807, 2.05) is 27.7 Å². The molecule has 0 spiro atoms. The highest BCUT2D eigenvalue weighted by Gasteiger charge is 2.30. The lowest BCUT2D eigenvalue weighted by atomic mass is 9.97. The molecule has 1 aromatic carbocycles. The van der Waals surface area contributed by atoms with E-state index >= 15 is 0 Å². The molecule has 0 bridgehead atoms. The average molecular weight is 354 g/mol. The van der Waals surface area contributed by atoms with Crippen LogP contribution in [0.1, 0.15) is 50.1 Å². The van der Waals surface area contributed by atoms with Crippen molar-refractivity contribution in [1.82, 2.24) is 4.98 Å². The summed E-state index contributed by atoms with van der Waals surface area (Å²) < 4.78 is 43.2. The van der Waals surface area contributed by atoms with Crippen LogP contribution in [0.25, 0.3) is 0 Å². The van der Waals surface area contributed by atoms with Crippen LogP contribution in [0.5, 0.6) is 0 Å². The summed E-state index contributed by atoms with van der Waals surface area (Å²) >= 11 is 0. The van der Waals surface area contributed by atoms with Crippen LogP contribution in [0.2, 0.25) is 0 Å². The maximum atomic E-state index is 12.5. The van der Waals surface area contributed by atoms with Crippen LogP contribution in [0.15, 0.2) is 28.7 Å². The lowest BCUT2D eigenvalue weighted by Crippen LogP contribution is -2.13. The fourth-order valence-corrected chi connectivity index (χ4v) is 2.17. The number of amides is 1. The number of halogens is 3. The maximum absolute atomic E-state index is 12.5. The number of nitrogens with one attached hydrogen (secondary N) is 1. The third kappa shape index (κ3) is 5.08. The molecular weight excluding hydrogens is 333 g/mol. The third-order valence-electron chi connectivity index (χ3n) is 3.61. The van der Waals surface area contributed by atoms with E-state index in [-0.39, 0.29) is 17.7 Å². The van der Waals surface area contributed by atoms with Gasteiger partial charge < -0.3 is 9.73 Å². The van der Waals surface area contributed by atoms with E-state index < -0.39 is 11.7 Å². The average Bonchev–Trinajstić information content (AvgIpc) is 2.86. The van der Waals surface area contributed by atoms with Crippen molar-refractivity contribution in [2.45, 2.75) is 52.1 Å². The van der Waals surface area contributed by atoms with Crippen molar-refractivity contribution in [1.29, 1.82) is 0 Å². The molecule has 0 aliphatic carbocycles. The zero-order valence-electron chi connectivity index (χ0n) is 14.6. The zero-order chi connectivity index (χ0) is 18.8. The van der Waals surface area contributed by atoms with Crippen LogP contribution in [0.3, 0.4) is 0 Å². The second kappa shape index (κ2) is 6.90. The van der Waals surface area contributed by atoms with Crippen LogP contribution in [-0.2, 0) is 22.8 Å². The number of hydrogen-bond donors (Lipinski definition) is 1. The van der Waals surface area contributed by atoms with E-state index in [1.165, 1.54) is 12.1 Å². The fourth-order valence-electron chi connectivity index (χ4n) is 2.17. The number of benzene rings is 1. The highest BCUT2D eigenvalue weighted by atomic mass is 19.4. The van der Waals surface area contributed by atoms with Gasteiger partial charge in [0.05, 0.1) is 11.3 Å². The molecule has 0 radical (unpaired) electrons. The van der Waals surface area contributed by atoms with Gasteiger partial charge in [0.2, 0.25) is 5.91 Å². The van der Waals surface area contributed by atoms with Gasteiger partial charge in [0.15, 0.2) is 5.89 Å². The van der Waals surface area contributed by atoms with Gasteiger partial charge in [-0.2, -0.15) is 13.2 Å². The normalized spacial score (nSPS) is 12.3. The predicted octanol–water partition coefficient (Wildman–Crippen LogP) is 4.87. The third-order valence-corrected chi connectivity index (χ3v) is 3.61. The highest BCUT2D eigenvalue weighted by molar-refractivity contribution is 5.90. The standard InChI is InChI=1S/C18H21F3N2O2/c1-11-14(25-16(22-11)17(2,3)4)9-10-15(24)23-13-7-5-12(6-8-13)18(19,20)21/h5-8H,9-10H2,1-4H3,(H,23,24). The lowest BCUT2D eigenvalue weighted by molar-refractivity contribution is -0.137. The quantitative estimate of drug-likeness (QED) is 0.852. The van der Waals surface area contributed by atoms with Gasteiger partial charge in [-0.05, 0) is 31.2 Å². The Morgan fingerprint density at radius 2 is 1.76 bits per heavy atom. The number of anilines is 1. The van der Waals surface area contributed by atoms with Gasteiger partial charge in [-0.3, -0.25) is 4.79 Å². The highest BCUT2D eigenvalue weighted by Crippen LogP contribution is 2.30. The summed E-state index contributed by atoms with van der Waals surface area (Å²) in [7, 11) is 0. The van der Waals surface area contributed by atoms with Gasteiger partial charge in [-0.1, -0.05) is 20.8 Å². The number of alkyl halides is 3. The van der Waals surface area contributed by atoms with Crippen molar-refractivity contribution in [2.75, 3.05) is 5.32 Å². The molecule has 1 amide bonds. The first kappa shape index (κ1) is 19.0. The summed E-state index contributed by atoms with van der Waals surface area (Å²) in [6, 6.07) is 4.34.